The van der Waals surface area contributed by atoms with Crippen LogP contribution in [0.4, 0.5) is 0 Å². The van der Waals surface area contributed by atoms with Crippen molar-refractivity contribution in [2.24, 2.45) is 17.3 Å². The first-order valence-electron chi connectivity index (χ1n) is 6.61. The fourth-order valence-corrected chi connectivity index (χ4v) is 3.93. The maximum atomic E-state index is 6.31. The lowest BCUT2D eigenvalue weighted by molar-refractivity contribution is -0.141. The molecule has 0 saturated carbocycles. The molecule has 1 nitrogen and oxygen atoms in total. The van der Waals surface area contributed by atoms with Gasteiger partial charge in [-0.15, -0.1) is 11.8 Å². The van der Waals surface area contributed by atoms with E-state index in [4.69, 9.17) is 4.74 Å². The van der Waals surface area contributed by atoms with Gasteiger partial charge in [-0.05, 0) is 23.7 Å². The molecule has 0 bridgehead atoms. The maximum absolute atomic E-state index is 6.31. The highest BCUT2D eigenvalue weighted by Crippen LogP contribution is 2.48. The van der Waals surface area contributed by atoms with Gasteiger partial charge in [0.2, 0.25) is 0 Å². The zero-order valence-corrected chi connectivity index (χ0v) is 12.7. The normalized spacial score (nSPS) is 39.0. The molecular weight excluding hydrogens is 216 g/mol. The number of hydrogen-bond donors (Lipinski definition) is 0. The fraction of sp³-hybridized carbons (Fsp3) is 1.00. The molecule has 0 aromatic rings. The van der Waals surface area contributed by atoms with Crippen LogP contribution in [0.2, 0.25) is 0 Å². The number of ether oxygens (including phenoxy) is 1. The minimum absolute atomic E-state index is 0.308. The van der Waals surface area contributed by atoms with Crippen LogP contribution >= 0.6 is 11.8 Å². The lowest BCUT2D eigenvalue weighted by Gasteiger charge is -2.50. The van der Waals surface area contributed by atoms with Crippen molar-refractivity contribution < 1.29 is 4.74 Å². The highest BCUT2D eigenvalue weighted by atomic mass is 32.2. The molecule has 0 aromatic carbocycles. The van der Waals surface area contributed by atoms with Crippen LogP contribution in [0.15, 0.2) is 0 Å². The van der Waals surface area contributed by atoms with E-state index in [0.717, 1.165) is 12.3 Å². The van der Waals surface area contributed by atoms with E-state index < -0.39 is 0 Å². The monoisotopic (exact) mass is 244 g/mol. The van der Waals surface area contributed by atoms with Gasteiger partial charge in [-0.3, -0.25) is 0 Å². The molecule has 0 aliphatic carbocycles. The largest absolute Gasteiger partial charge is 0.364 e. The van der Waals surface area contributed by atoms with Crippen molar-refractivity contribution in [3.05, 3.63) is 0 Å². The van der Waals surface area contributed by atoms with Gasteiger partial charge in [0, 0.05) is 5.25 Å². The summed E-state index contributed by atoms with van der Waals surface area (Å²) in [6.07, 6.45) is 1.54. The van der Waals surface area contributed by atoms with Gasteiger partial charge in [-0.1, -0.05) is 48.5 Å². The molecule has 1 saturated heterocycles. The van der Waals surface area contributed by atoms with Crippen LogP contribution in [0.25, 0.3) is 0 Å². The predicted octanol–water partition coefficient (Wildman–Crippen LogP) is 4.56. The minimum atomic E-state index is 0.308. The average Bonchev–Trinajstić information content (AvgIpc) is 2.19. The number of thioether (sulfide) groups is 1. The van der Waals surface area contributed by atoms with Gasteiger partial charge in [-0.25, -0.2) is 0 Å². The summed E-state index contributed by atoms with van der Waals surface area (Å²) in [6, 6.07) is 0. The Morgan fingerprint density at radius 1 is 1.25 bits per heavy atom. The second-order valence-electron chi connectivity index (χ2n) is 6.06. The number of rotatable bonds is 3. The molecule has 1 fully saturated rings. The Morgan fingerprint density at radius 3 is 2.25 bits per heavy atom. The molecule has 2 unspecified atom stereocenters. The average molecular weight is 244 g/mol. The highest BCUT2D eigenvalue weighted by Gasteiger charge is 2.46. The van der Waals surface area contributed by atoms with E-state index in [1.807, 2.05) is 11.8 Å². The molecule has 1 aliphatic heterocycles. The molecule has 4 atom stereocenters. The zero-order chi connectivity index (χ0) is 12.5. The predicted molar refractivity (Wildman–Crippen MR) is 73.8 cm³/mol. The second-order valence-corrected chi connectivity index (χ2v) is 7.73. The van der Waals surface area contributed by atoms with Crippen molar-refractivity contribution in [3.63, 3.8) is 0 Å². The Hall–Kier alpha value is 0.310. The number of hydrogen-bond acceptors (Lipinski definition) is 2. The quantitative estimate of drug-likeness (QED) is 0.719. The lowest BCUT2D eigenvalue weighted by atomic mass is 9.67. The van der Waals surface area contributed by atoms with Crippen LogP contribution in [-0.4, -0.2) is 16.8 Å². The minimum Gasteiger partial charge on any atom is -0.364 e. The Labute approximate surface area is 106 Å². The van der Waals surface area contributed by atoms with Gasteiger partial charge < -0.3 is 4.74 Å². The maximum Gasteiger partial charge on any atom is 0.106 e. The van der Waals surface area contributed by atoms with Crippen LogP contribution in [0.5, 0.6) is 0 Å². The van der Waals surface area contributed by atoms with Gasteiger partial charge in [0.15, 0.2) is 0 Å². The third-order valence-corrected chi connectivity index (χ3v) is 5.65. The van der Waals surface area contributed by atoms with Crippen molar-refractivity contribution >= 4 is 11.8 Å². The van der Waals surface area contributed by atoms with Gasteiger partial charge in [0.25, 0.3) is 0 Å². The Bertz CT molecular complexity index is 221. The molecule has 1 rings (SSSR count). The van der Waals surface area contributed by atoms with Crippen molar-refractivity contribution in [2.75, 3.05) is 0 Å². The summed E-state index contributed by atoms with van der Waals surface area (Å²) in [4.78, 5) is 0. The summed E-state index contributed by atoms with van der Waals surface area (Å²) < 4.78 is 6.31. The van der Waals surface area contributed by atoms with E-state index >= 15 is 0 Å². The van der Waals surface area contributed by atoms with Crippen LogP contribution in [0.1, 0.15) is 54.9 Å². The molecule has 96 valence electrons. The van der Waals surface area contributed by atoms with Crippen LogP contribution in [-0.2, 0) is 4.74 Å². The molecule has 2 heteroatoms. The third kappa shape index (κ3) is 2.76. The Morgan fingerprint density at radius 2 is 1.81 bits per heavy atom. The first kappa shape index (κ1) is 14.4. The lowest BCUT2D eigenvalue weighted by Crippen LogP contribution is -2.50. The van der Waals surface area contributed by atoms with Crippen LogP contribution in [0.3, 0.4) is 0 Å². The molecule has 16 heavy (non-hydrogen) atoms. The van der Waals surface area contributed by atoms with Crippen molar-refractivity contribution in [1.82, 2.24) is 0 Å². The molecule has 1 aliphatic rings. The topological polar surface area (TPSA) is 9.23 Å². The Kier molecular flexibility index (Phi) is 4.76. The third-order valence-electron chi connectivity index (χ3n) is 4.30. The summed E-state index contributed by atoms with van der Waals surface area (Å²) >= 11 is 1.98. The molecular formula is C14H28OS. The van der Waals surface area contributed by atoms with Crippen molar-refractivity contribution in [3.8, 4) is 0 Å². The first-order valence-corrected chi connectivity index (χ1v) is 7.55. The van der Waals surface area contributed by atoms with Gasteiger partial charge in [0.05, 0.1) is 6.10 Å². The second kappa shape index (κ2) is 5.30. The summed E-state index contributed by atoms with van der Waals surface area (Å²) in [5, 5.41) is 0.651. The van der Waals surface area contributed by atoms with Gasteiger partial charge in [-0.2, -0.15) is 0 Å². The van der Waals surface area contributed by atoms with Crippen LogP contribution in [0, 0.1) is 17.3 Å². The smallest absolute Gasteiger partial charge is 0.106 e. The first-order chi connectivity index (χ1) is 7.30. The molecule has 1 heterocycles. The highest BCUT2D eigenvalue weighted by molar-refractivity contribution is 8.00. The molecule has 0 spiro atoms. The zero-order valence-electron chi connectivity index (χ0n) is 11.9. The van der Waals surface area contributed by atoms with E-state index in [0.29, 0.717) is 28.1 Å². The standard InChI is InChI=1S/C14H28OS/c1-8-12-14(6,7)11(5)10(4)13(15-12)16-9(2)3/h9-13H,8H2,1-7H3/t10-,11?,12?,13-/m1/s1. The van der Waals surface area contributed by atoms with E-state index in [1.165, 1.54) is 0 Å². The summed E-state index contributed by atoms with van der Waals surface area (Å²) in [6.45, 7) is 16.2. The van der Waals surface area contributed by atoms with E-state index in [1.54, 1.807) is 0 Å². The molecule has 0 N–H and O–H groups in total. The SMILES string of the molecule is CCC1O[C@H](SC(C)C)[C@H](C)C(C)C1(C)C. The molecule has 0 amide bonds. The fourth-order valence-electron chi connectivity index (χ4n) is 2.71. The summed E-state index contributed by atoms with van der Waals surface area (Å²) in [7, 11) is 0. The van der Waals surface area contributed by atoms with E-state index in [-0.39, 0.29) is 0 Å². The summed E-state index contributed by atoms with van der Waals surface area (Å²) in [5.41, 5.74) is 0.690. The Balaban J connectivity index is 2.79. The van der Waals surface area contributed by atoms with E-state index in [9.17, 15) is 0 Å². The van der Waals surface area contributed by atoms with Crippen molar-refractivity contribution in [2.45, 2.75) is 71.7 Å². The van der Waals surface area contributed by atoms with Crippen LogP contribution < -0.4 is 0 Å². The van der Waals surface area contributed by atoms with Crippen molar-refractivity contribution in [1.29, 1.82) is 0 Å². The summed E-state index contributed by atoms with van der Waals surface area (Å²) in [5.74, 6) is 1.37. The van der Waals surface area contributed by atoms with Gasteiger partial charge in [0.1, 0.15) is 5.44 Å². The molecule has 0 aromatic heterocycles. The molecule has 0 radical (unpaired) electrons. The van der Waals surface area contributed by atoms with Gasteiger partial charge >= 0.3 is 0 Å². The van der Waals surface area contributed by atoms with E-state index in [2.05, 4.69) is 48.5 Å².